The number of hydrogen-bond acceptors (Lipinski definition) is 5. The van der Waals surface area contributed by atoms with E-state index < -0.39 is 18.0 Å². The zero-order valence-electron chi connectivity index (χ0n) is 14.9. The Morgan fingerprint density at radius 1 is 1.33 bits per heavy atom. The number of ether oxygens (including phenoxy) is 2. The van der Waals surface area contributed by atoms with Crippen LogP contribution < -0.4 is 9.47 Å². The highest BCUT2D eigenvalue weighted by Crippen LogP contribution is 2.40. The maximum atomic E-state index is 12.7. The number of carboxylic acids is 1. The molecule has 0 unspecified atom stereocenters. The molecule has 8 heteroatoms. The summed E-state index contributed by atoms with van der Waals surface area (Å²) in [6, 6.07) is 7.02. The number of piperidine rings is 1. The van der Waals surface area contributed by atoms with Gasteiger partial charge in [-0.25, -0.2) is 0 Å². The molecule has 2 aliphatic rings. The van der Waals surface area contributed by atoms with E-state index in [0.29, 0.717) is 44.0 Å². The number of likely N-dealkylation sites (tertiary alicyclic amines) is 1. The molecule has 1 heterocycles. The summed E-state index contributed by atoms with van der Waals surface area (Å²) in [5, 5.41) is 18.7. The minimum atomic E-state index is -2.96. The van der Waals surface area contributed by atoms with Crippen LogP contribution in [0.25, 0.3) is 0 Å². The SMILES string of the molecule is N#CC1(c2ccc(OC(F)F)c(OCC3CC3)c2)CCN(CC(=O)O)CC1. The van der Waals surface area contributed by atoms with Gasteiger partial charge in [0.1, 0.15) is 0 Å². The van der Waals surface area contributed by atoms with Gasteiger partial charge in [-0.1, -0.05) is 6.07 Å². The normalized spacial score (nSPS) is 19.5. The van der Waals surface area contributed by atoms with E-state index in [1.807, 2.05) is 0 Å². The first-order valence-corrected chi connectivity index (χ1v) is 8.99. The Hall–Kier alpha value is -2.40. The van der Waals surface area contributed by atoms with Gasteiger partial charge >= 0.3 is 12.6 Å². The zero-order chi connectivity index (χ0) is 19.4. The van der Waals surface area contributed by atoms with Gasteiger partial charge in [0, 0.05) is 13.1 Å². The number of benzene rings is 1. The van der Waals surface area contributed by atoms with Gasteiger partial charge in [0.2, 0.25) is 0 Å². The minimum Gasteiger partial charge on any atom is -0.489 e. The third-order valence-electron chi connectivity index (χ3n) is 5.17. The van der Waals surface area contributed by atoms with Crippen molar-refractivity contribution in [3.63, 3.8) is 0 Å². The molecule has 1 aliphatic heterocycles. The second-order valence-electron chi connectivity index (χ2n) is 7.16. The van der Waals surface area contributed by atoms with Crippen molar-refractivity contribution in [3.05, 3.63) is 23.8 Å². The second-order valence-corrected chi connectivity index (χ2v) is 7.16. The van der Waals surface area contributed by atoms with Gasteiger partial charge < -0.3 is 14.6 Å². The van der Waals surface area contributed by atoms with Crippen molar-refractivity contribution in [2.45, 2.75) is 37.7 Å². The lowest BCUT2D eigenvalue weighted by molar-refractivity contribution is -0.138. The van der Waals surface area contributed by atoms with Gasteiger partial charge in [-0.2, -0.15) is 14.0 Å². The summed E-state index contributed by atoms with van der Waals surface area (Å²) in [6.07, 6.45) is 3.06. The molecule has 1 aromatic rings. The predicted octanol–water partition coefficient (Wildman–Crippen LogP) is 3.02. The fourth-order valence-electron chi connectivity index (χ4n) is 3.35. The molecule has 6 nitrogen and oxygen atoms in total. The van der Waals surface area contributed by atoms with Crippen molar-refractivity contribution in [2.75, 3.05) is 26.2 Å². The maximum absolute atomic E-state index is 12.7. The summed E-state index contributed by atoms with van der Waals surface area (Å²) < 4.78 is 35.6. The van der Waals surface area contributed by atoms with Crippen molar-refractivity contribution in [1.29, 1.82) is 5.26 Å². The van der Waals surface area contributed by atoms with Gasteiger partial charge in [-0.15, -0.1) is 0 Å². The van der Waals surface area contributed by atoms with Gasteiger partial charge in [0.15, 0.2) is 11.5 Å². The van der Waals surface area contributed by atoms with E-state index >= 15 is 0 Å². The highest BCUT2D eigenvalue weighted by atomic mass is 19.3. The van der Waals surface area contributed by atoms with E-state index in [-0.39, 0.29) is 18.0 Å². The number of carbonyl (C=O) groups is 1. The topological polar surface area (TPSA) is 82.8 Å². The summed E-state index contributed by atoms with van der Waals surface area (Å²) in [7, 11) is 0. The fourth-order valence-corrected chi connectivity index (χ4v) is 3.35. The number of halogens is 2. The number of carboxylic acid groups (broad SMARTS) is 1. The van der Waals surface area contributed by atoms with Crippen LogP contribution in [0.15, 0.2) is 18.2 Å². The van der Waals surface area contributed by atoms with Crippen molar-refractivity contribution < 1.29 is 28.2 Å². The van der Waals surface area contributed by atoms with E-state index in [1.165, 1.54) is 6.07 Å². The zero-order valence-corrected chi connectivity index (χ0v) is 14.9. The molecule has 1 saturated carbocycles. The lowest BCUT2D eigenvalue weighted by Crippen LogP contribution is -2.43. The maximum Gasteiger partial charge on any atom is 0.387 e. The van der Waals surface area contributed by atoms with E-state index in [4.69, 9.17) is 9.84 Å². The van der Waals surface area contributed by atoms with Crippen LogP contribution in [0.5, 0.6) is 11.5 Å². The van der Waals surface area contributed by atoms with Crippen LogP contribution in [0, 0.1) is 17.2 Å². The smallest absolute Gasteiger partial charge is 0.387 e. The summed E-state index contributed by atoms with van der Waals surface area (Å²) in [5.74, 6) is -0.269. The molecule has 0 amide bonds. The Morgan fingerprint density at radius 2 is 2.04 bits per heavy atom. The standard InChI is InChI=1S/C19H22F2N2O4/c20-18(21)27-15-4-3-14(9-16(15)26-11-13-1-2-13)19(12-22)5-7-23(8-6-19)10-17(24)25/h3-4,9,13,18H,1-2,5-8,10-11H2,(H,24,25). The lowest BCUT2D eigenvalue weighted by atomic mass is 9.74. The van der Waals surface area contributed by atoms with Crippen LogP contribution in [-0.2, 0) is 10.2 Å². The molecule has 2 fully saturated rings. The van der Waals surface area contributed by atoms with Crippen molar-refractivity contribution >= 4 is 5.97 Å². The first-order valence-electron chi connectivity index (χ1n) is 8.99. The summed E-state index contributed by atoms with van der Waals surface area (Å²) in [5.41, 5.74) is -0.108. The fraction of sp³-hybridized carbons (Fsp3) is 0.579. The molecule has 1 aliphatic carbocycles. The Balaban J connectivity index is 1.80. The van der Waals surface area contributed by atoms with Crippen LogP contribution in [-0.4, -0.2) is 48.8 Å². The molecule has 1 N–H and O–H groups in total. The molecular formula is C19H22F2N2O4. The van der Waals surface area contributed by atoms with Crippen molar-refractivity contribution in [1.82, 2.24) is 4.90 Å². The van der Waals surface area contributed by atoms with Crippen molar-refractivity contribution in [2.24, 2.45) is 5.92 Å². The molecule has 0 atom stereocenters. The molecule has 0 radical (unpaired) electrons. The van der Waals surface area contributed by atoms with E-state index in [0.717, 1.165) is 12.8 Å². The highest BCUT2D eigenvalue weighted by Gasteiger charge is 2.37. The average Bonchev–Trinajstić information content (AvgIpc) is 3.45. The van der Waals surface area contributed by atoms with E-state index in [2.05, 4.69) is 10.8 Å². The van der Waals surface area contributed by atoms with Crippen LogP contribution in [0.1, 0.15) is 31.2 Å². The van der Waals surface area contributed by atoms with Gasteiger partial charge in [0.25, 0.3) is 0 Å². The first-order chi connectivity index (χ1) is 12.9. The van der Waals surface area contributed by atoms with Crippen LogP contribution in [0.2, 0.25) is 0 Å². The molecule has 0 bridgehead atoms. The van der Waals surface area contributed by atoms with Crippen LogP contribution >= 0.6 is 0 Å². The predicted molar refractivity (Wildman–Crippen MR) is 91.9 cm³/mol. The van der Waals surface area contributed by atoms with Gasteiger partial charge in [-0.3, -0.25) is 9.69 Å². The number of aliphatic carboxylic acids is 1. The number of nitrogens with zero attached hydrogens (tertiary/aromatic N) is 2. The summed E-state index contributed by atoms with van der Waals surface area (Å²) in [6.45, 7) is -1.61. The Bertz CT molecular complexity index is 723. The molecule has 0 aromatic heterocycles. The lowest BCUT2D eigenvalue weighted by Gasteiger charge is -2.37. The average molecular weight is 380 g/mol. The van der Waals surface area contributed by atoms with E-state index in [9.17, 15) is 18.8 Å². The molecule has 0 spiro atoms. The number of nitriles is 1. The monoisotopic (exact) mass is 380 g/mol. The number of rotatable bonds is 8. The minimum absolute atomic E-state index is 0.0363. The van der Waals surface area contributed by atoms with E-state index in [1.54, 1.807) is 17.0 Å². The van der Waals surface area contributed by atoms with Gasteiger partial charge in [-0.05, 0) is 49.3 Å². The molecule has 1 saturated heterocycles. The highest BCUT2D eigenvalue weighted by molar-refractivity contribution is 5.69. The molecule has 27 heavy (non-hydrogen) atoms. The van der Waals surface area contributed by atoms with Crippen LogP contribution in [0.3, 0.4) is 0 Å². The quantitative estimate of drug-likeness (QED) is 0.747. The third kappa shape index (κ3) is 4.86. The summed E-state index contributed by atoms with van der Waals surface area (Å²) >= 11 is 0. The second kappa shape index (κ2) is 8.09. The third-order valence-corrected chi connectivity index (χ3v) is 5.17. The molecule has 3 rings (SSSR count). The Labute approximate surface area is 156 Å². The molecule has 146 valence electrons. The van der Waals surface area contributed by atoms with Crippen molar-refractivity contribution in [3.8, 4) is 17.6 Å². The Kier molecular flexibility index (Phi) is 5.80. The molecule has 1 aromatic carbocycles. The largest absolute Gasteiger partial charge is 0.489 e. The van der Waals surface area contributed by atoms with Crippen LogP contribution in [0.4, 0.5) is 8.78 Å². The number of alkyl halides is 2. The van der Waals surface area contributed by atoms with Gasteiger partial charge in [0.05, 0.1) is 24.6 Å². The number of hydrogen-bond donors (Lipinski definition) is 1. The summed E-state index contributed by atoms with van der Waals surface area (Å²) in [4.78, 5) is 12.7. The molecular weight excluding hydrogens is 358 g/mol. The Morgan fingerprint density at radius 3 is 2.59 bits per heavy atom. The first kappa shape index (κ1) is 19.4.